The van der Waals surface area contributed by atoms with Crippen LogP contribution in [-0.2, 0) is 33.4 Å². The van der Waals surface area contributed by atoms with Crippen LogP contribution in [0.1, 0.15) is 101 Å². The maximum Gasteiger partial charge on any atom is 0.128 e. The highest BCUT2D eigenvalue weighted by atomic mass is 16.5. The summed E-state index contributed by atoms with van der Waals surface area (Å²) >= 11 is 0. The molecule has 2 aromatic rings. The van der Waals surface area contributed by atoms with Gasteiger partial charge in [-0.3, -0.25) is 19.8 Å². The summed E-state index contributed by atoms with van der Waals surface area (Å²) in [5.74, 6) is 0.631. The lowest BCUT2D eigenvalue weighted by Crippen LogP contribution is -2.35. The summed E-state index contributed by atoms with van der Waals surface area (Å²) in [5.41, 5.74) is 5.69. The van der Waals surface area contributed by atoms with Crippen molar-refractivity contribution in [2.24, 2.45) is 9.98 Å². The molecule has 1 saturated carbocycles. The van der Waals surface area contributed by atoms with Gasteiger partial charge in [0.15, 0.2) is 0 Å². The van der Waals surface area contributed by atoms with E-state index in [-0.39, 0.29) is 22.9 Å². The first-order valence-corrected chi connectivity index (χ1v) is 17.3. The molecule has 0 aromatic heterocycles. The van der Waals surface area contributed by atoms with Crippen LogP contribution >= 0.6 is 0 Å². The molecule has 0 unspecified atom stereocenters. The predicted octanol–water partition coefficient (Wildman–Crippen LogP) is 6.21. The molecule has 2 aromatic carbocycles. The number of rotatable bonds is 8. The summed E-state index contributed by atoms with van der Waals surface area (Å²) in [7, 11) is 0. The van der Waals surface area contributed by atoms with Crippen molar-refractivity contribution in [2.75, 3.05) is 52.6 Å². The lowest BCUT2D eigenvalue weighted by atomic mass is 9.84. The minimum absolute atomic E-state index is 0.0196. The Morgan fingerprint density at radius 3 is 1.37 bits per heavy atom. The summed E-state index contributed by atoms with van der Waals surface area (Å²) < 4.78 is 11.1. The molecule has 3 aliphatic rings. The molecule has 2 N–H and O–H groups in total. The van der Waals surface area contributed by atoms with Crippen molar-refractivity contribution < 1.29 is 19.7 Å². The van der Waals surface area contributed by atoms with E-state index in [0.717, 1.165) is 101 Å². The van der Waals surface area contributed by atoms with Crippen molar-refractivity contribution in [3.8, 4) is 11.5 Å². The predicted molar refractivity (Wildman–Crippen MR) is 187 cm³/mol. The van der Waals surface area contributed by atoms with Gasteiger partial charge in [0.1, 0.15) is 11.5 Å². The van der Waals surface area contributed by atoms with Gasteiger partial charge in [-0.1, -0.05) is 66.5 Å². The van der Waals surface area contributed by atoms with Crippen molar-refractivity contribution in [2.45, 2.75) is 103 Å². The van der Waals surface area contributed by atoms with E-state index in [0.29, 0.717) is 24.6 Å². The summed E-state index contributed by atoms with van der Waals surface area (Å²) in [5, 5.41) is 22.8. The number of aliphatic imine (C=N–C) groups is 2. The topological polar surface area (TPSA) is 90.1 Å². The number of hydrogen-bond acceptors (Lipinski definition) is 8. The fraction of sp³-hybridized carbons (Fsp3) is 0.632. The smallest absolute Gasteiger partial charge is 0.128 e. The van der Waals surface area contributed by atoms with Gasteiger partial charge >= 0.3 is 0 Å². The fourth-order valence-electron chi connectivity index (χ4n) is 6.53. The monoisotopic (exact) mass is 632 g/mol. The van der Waals surface area contributed by atoms with E-state index in [2.05, 4.69) is 75.6 Å². The maximum absolute atomic E-state index is 11.4. The fourth-order valence-corrected chi connectivity index (χ4v) is 6.53. The van der Waals surface area contributed by atoms with Crippen LogP contribution in [-0.4, -0.2) is 97.1 Å². The lowest BCUT2D eigenvalue weighted by Gasteiger charge is -2.29. The molecule has 2 atom stereocenters. The Bertz CT molecular complexity index is 1270. The number of phenols is 2. The Kier molecular flexibility index (Phi) is 11.2. The number of hydrogen-bond donors (Lipinski definition) is 2. The first-order valence-electron chi connectivity index (χ1n) is 17.3. The first-order chi connectivity index (χ1) is 21.9. The zero-order valence-corrected chi connectivity index (χ0v) is 29.0. The van der Waals surface area contributed by atoms with Crippen LogP contribution in [0.2, 0.25) is 0 Å². The second kappa shape index (κ2) is 15.0. The zero-order chi connectivity index (χ0) is 32.9. The maximum atomic E-state index is 11.4. The van der Waals surface area contributed by atoms with Crippen LogP contribution < -0.4 is 0 Å². The Hall–Kier alpha value is -2.78. The van der Waals surface area contributed by atoms with Gasteiger partial charge in [0.25, 0.3) is 0 Å². The summed E-state index contributed by atoms with van der Waals surface area (Å²) in [4.78, 5) is 14.8. The van der Waals surface area contributed by atoms with E-state index in [1.54, 1.807) is 0 Å². The number of ether oxygens (including phenoxy) is 2. The molecule has 0 amide bonds. The molecule has 2 aliphatic heterocycles. The van der Waals surface area contributed by atoms with E-state index in [9.17, 15) is 10.2 Å². The molecule has 2 heterocycles. The van der Waals surface area contributed by atoms with Crippen molar-refractivity contribution in [3.63, 3.8) is 0 Å². The molecule has 252 valence electrons. The molecular formula is C38H56N4O4. The van der Waals surface area contributed by atoms with E-state index in [4.69, 9.17) is 19.5 Å². The summed E-state index contributed by atoms with van der Waals surface area (Å²) in [6.45, 7) is 21.0. The average molecular weight is 633 g/mol. The van der Waals surface area contributed by atoms with Crippen LogP contribution in [0.15, 0.2) is 34.3 Å². The SMILES string of the molecule is CC(C)(C)c1cc(C=N[C@H]2CCCC[C@@H]2N=Cc2cc(C(C)(C)C)cc(CN3CCOCC3)c2O)c(O)c(CN2CCOCC2)c1. The minimum Gasteiger partial charge on any atom is -0.507 e. The number of nitrogens with zero attached hydrogens (tertiary/aromatic N) is 4. The third-order valence-corrected chi connectivity index (χ3v) is 9.67. The van der Waals surface area contributed by atoms with Crippen molar-refractivity contribution >= 4 is 12.4 Å². The molecule has 46 heavy (non-hydrogen) atoms. The van der Waals surface area contributed by atoms with Gasteiger partial charge in [-0.2, -0.15) is 0 Å². The Morgan fingerprint density at radius 1 is 0.652 bits per heavy atom. The highest BCUT2D eigenvalue weighted by molar-refractivity contribution is 5.86. The molecule has 0 spiro atoms. The minimum atomic E-state index is -0.0576. The number of phenolic OH excluding ortho intramolecular Hbond substituents is 2. The molecule has 1 aliphatic carbocycles. The third kappa shape index (κ3) is 8.97. The summed E-state index contributed by atoms with van der Waals surface area (Å²) in [6, 6.07) is 8.53. The van der Waals surface area contributed by atoms with Gasteiger partial charge in [-0.25, -0.2) is 0 Å². The molecule has 8 nitrogen and oxygen atoms in total. The Balaban J connectivity index is 1.39. The standard InChI is InChI=1S/C38H56N4O4/c1-37(2,3)31-19-27(35(43)29(21-31)25-41-11-15-45-16-12-41)23-39-33-9-7-8-10-34(33)40-24-28-20-32(38(4,5)6)22-30(36(28)44)26-42-13-17-46-18-14-42/h19-24,33-34,43-44H,7-18,25-26H2,1-6H3/t33-,34-/m0/s1. The highest BCUT2D eigenvalue weighted by Gasteiger charge is 2.26. The number of aromatic hydroxyl groups is 2. The number of benzene rings is 2. The number of morpholine rings is 2. The molecule has 5 rings (SSSR count). The van der Waals surface area contributed by atoms with E-state index in [1.807, 2.05) is 12.4 Å². The van der Waals surface area contributed by atoms with Gasteiger partial charge in [0, 0.05) is 74.0 Å². The van der Waals surface area contributed by atoms with Crippen LogP contribution in [0.25, 0.3) is 0 Å². The molecule has 8 heteroatoms. The van der Waals surface area contributed by atoms with Crippen molar-refractivity contribution in [1.82, 2.24) is 9.80 Å². The zero-order valence-electron chi connectivity index (χ0n) is 29.0. The lowest BCUT2D eigenvalue weighted by molar-refractivity contribution is 0.0338. The summed E-state index contributed by atoms with van der Waals surface area (Å²) in [6.07, 6.45) is 7.88. The van der Waals surface area contributed by atoms with E-state index in [1.165, 1.54) is 11.1 Å². The highest BCUT2D eigenvalue weighted by Crippen LogP contribution is 2.34. The van der Waals surface area contributed by atoms with Gasteiger partial charge < -0.3 is 19.7 Å². The second-order valence-electron chi connectivity index (χ2n) is 15.4. The van der Waals surface area contributed by atoms with Crippen LogP contribution in [0.4, 0.5) is 0 Å². The third-order valence-electron chi connectivity index (χ3n) is 9.67. The molecular weight excluding hydrogens is 576 g/mol. The van der Waals surface area contributed by atoms with Crippen molar-refractivity contribution in [1.29, 1.82) is 0 Å². The molecule has 0 bridgehead atoms. The second-order valence-corrected chi connectivity index (χ2v) is 15.4. The largest absolute Gasteiger partial charge is 0.507 e. The van der Waals surface area contributed by atoms with Gasteiger partial charge in [0.2, 0.25) is 0 Å². The van der Waals surface area contributed by atoms with E-state index >= 15 is 0 Å². The average Bonchev–Trinajstić information content (AvgIpc) is 3.02. The van der Waals surface area contributed by atoms with Gasteiger partial charge in [-0.15, -0.1) is 0 Å². The van der Waals surface area contributed by atoms with Gasteiger partial charge in [-0.05, 0) is 46.9 Å². The molecule has 0 radical (unpaired) electrons. The Morgan fingerprint density at radius 2 is 1.02 bits per heavy atom. The van der Waals surface area contributed by atoms with Crippen LogP contribution in [0.5, 0.6) is 11.5 Å². The normalized spacial score (nSPS) is 22.7. The van der Waals surface area contributed by atoms with Crippen LogP contribution in [0.3, 0.4) is 0 Å². The quantitative estimate of drug-likeness (QED) is 0.337. The van der Waals surface area contributed by atoms with Crippen LogP contribution in [0, 0.1) is 0 Å². The molecule has 2 saturated heterocycles. The Labute approximate surface area is 276 Å². The molecule has 3 fully saturated rings. The van der Waals surface area contributed by atoms with Crippen molar-refractivity contribution in [3.05, 3.63) is 57.6 Å². The van der Waals surface area contributed by atoms with Gasteiger partial charge in [0.05, 0.1) is 38.5 Å². The van der Waals surface area contributed by atoms with E-state index < -0.39 is 0 Å². The first kappa shape index (κ1) is 34.6.